The maximum atomic E-state index is 13.5. The smallest absolute Gasteiger partial charge is 0.480 e. The number of para-hydroxylation sites is 4. The first-order valence-electron chi connectivity index (χ1n) is 15.4. The molecule has 276 valence electrons. The number of rotatable bonds is 13. The Bertz CT molecular complexity index is 1860. The molecule has 3 rings (SSSR count). The van der Waals surface area contributed by atoms with Gasteiger partial charge in [-0.05, 0) is 99.9 Å². The summed E-state index contributed by atoms with van der Waals surface area (Å²) in [4.78, 5) is 53.5. The highest BCUT2D eigenvalue weighted by Crippen LogP contribution is 2.32. The van der Waals surface area contributed by atoms with Gasteiger partial charge in [0.25, 0.3) is 0 Å². The van der Waals surface area contributed by atoms with Crippen molar-refractivity contribution in [3.63, 3.8) is 0 Å². The molecular weight excluding hydrogens is 752 g/mol. The molecule has 3 aromatic rings. The van der Waals surface area contributed by atoms with Gasteiger partial charge in [-0.25, -0.2) is 23.1 Å². The van der Waals surface area contributed by atoms with Gasteiger partial charge >= 0.3 is 18.3 Å². The van der Waals surface area contributed by atoms with Crippen molar-refractivity contribution < 1.29 is 51.6 Å². The molecule has 51 heavy (non-hydrogen) atoms. The molecule has 0 bridgehead atoms. The monoisotopic (exact) mass is 792 g/mol. The fourth-order valence-electron chi connectivity index (χ4n) is 4.44. The molecule has 0 unspecified atom stereocenters. The van der Waals surface area contributed by atoms with Gasteiger partial charge in [0, 0.05) is 17.6 Å². The zero-order valence-electron chi connectivity index (χ0n) is 29.0. The summed E-state index contributed by atoms with van der Waals surface area (Å²) in [6.45, 7) is 9.09. The lowest BCUT2D eigenvalue weighted by Crippen LogP contribution is -2.41. The average molecular weight is 794 g/mol. The van der Waals surface area contributed by atoms with Crippen LogP contribution in [0.25, 0.3) is 0 Å². The number of aliphatic carboxylic acids is 1. The van der Waals surface area contributed by atoms with E-state index in [9.17, 15) is 32.7 Å². The molecule has 0 heterocycles. The Labute approximate surface area is 304 Å². The van der Waals surface area contributed by atoms with Crippen LogP contribution < -0.4 is 29.7 Å². The summed E-state index contributed by atoms with van der Waals surface area (Å²) < 4.78 is 45.4. The number of nitrogens with one attached hydrogen (secondary N) is 1. The number of amides is 1. The van der Waals surface area contributed by atoms with Crippen molar-refractivity contribution in [1.82, 2.24) is 0 Å². The van der Waals surface area contributed by atoms with Gasteiger partial charge in [0.1, 0.15) is 17.7 Å². The van der Waals surface area contributed by atoms with Crippen LogP contribution >= 0.6 is 15.9 Å². The van der Waals surface area contributed by atoms with Gasteiger partial charge in [-0.15, -0.1) is 0 Å². The maximum Gasteiger partial charge on any atom is 0.514 e. The number of benzene rings is 3. The second-order valence-electron chi connectivity index (χ2n) is 13.0. The Morgan fingerprint density at radius 2 is 1.22 bits per heavy atom. The van der Waals surface area contributed by atoms with Crippen molar-refractivity contribution in [2.75, 3.05) is 41.3 Å². The number of carbonyl (C=O) groups is 4. The number of nitrogens with two attached hydrogens (primary N) is 1. The van der Waals surface area contributed by atoms with Crippen LogP contribution in [0.3, 0.4) is 0 Å². The van der Waals surface area contributed by atoms with Gasteiger partial charge in [-0.3, -0.25) is 9.59 Å². The molecule has 3 aromatic carbocycles. The van der Waals surface area contributed by atoms with Crippen molar-refractivity contribution in [3.8, 4) is 11.5 Å². The second kappa shape index (κ2) is 16.9. The van der Waals surface area contributed by atoms with Gasteiger partial charge < -0.3 is 39.2 Å². The van der Waals surface area contributed by atoms with Gasteiger partial charge in [0.05, 0.1) is 28.5 Å². The fourth-order valence-corrected chi connectivity index (χ4v) is 5.61. The third-order valence-electron chi connectivity index (χ3n) is 6.42. The van der Waals surface area contributed by atoms with Crippen molar-refractivity contribution in [1.29, 1.82) is 0 Å². The molecule has 17 heteroatoms. The molecule has 0 saturated carbocycles. The number of carboxylic acids is 1. The van der Waals surface area contributed by atoms with E-state index in [0.29, 0.717) is 0 Å². The number of sulfonamides is 1. The molecular formula is C34H41BrN4O11S. The van der Waals surface area contributed by atoms with Crippen molar-refractivity contribution >= 4 is 67.2 Å². The number of ether oxygens (including phenoxy) is 4. The summed E-state index contributed by atoms with van der Waals surface area (Å²) in [6, 6.07) is 16.5. The Morgan fingerprint density at radius 3 is 1.63 bits per heavy atom. The van der Waals surface area contributed by atoms with Gasteiger partial charge in [-0.2, -0.15) is 0 Å². The minimum atomic E-state index is -4.00. The lowest BCUT2D eigenvalue weighted by atomic mass is 10.2. The number of hydrogen-bond acceptors (Lipinski definition) is 12. The van der Waals surface area contributed by atoms with E-state index in [1.54, 1.807) is 82.8 Å². The van der Waals surface area contributed by atoms with Gasteiger partial charge in [0.2, 0.25) is 15.9 Å². The maximum absolute atomic E-state index is 13.5. The van der Waals surface area contributed by atoms with Crippen LogP contribution in [0.4, 0.5) is 26.7 Å². The highest BCUT2D eigenvalue weighted by atomic mass is 79.9. The minimum absolute atomic E-state index is 0.0261. The number of nitrogens with zero attached hydrogens (tertiary/aromatic N) is 2. The Hall–Kier alpha value is -4.87. The molecule has 0 aromatic heterocycles. The molecule has 0 atom stereocenters. The van der Waals surface area contributed by atoms with E-state index in [4.69, 9.17) is 24.1 Å². The molecule has 0 aliphatic carbocycles. The minimum Gasteiger partial charge on any atom is -0.480 e. The third-order valence-corrected chi connectivity index (χ3v) is 7.99. The van der Waals surface area contributed by atoms with E-state index < -0.39 is 52.0 Å². The van der Waals surface area contributed by atoms with E-state index in [2.05, 4.69) is 21.2 Å². The second-order valence-corrected chi connectivity index (χ2v) is 15.5. The highest BCUT2D eigenvalue weighted by Gasteiger charge is 2.25. The first-order chi connectivity index (χ1) is 23.6. The van der Waals surface area contributed by atoms with Crippen molar-refractivity contribution in [2.24, 2.45) is 5.14 Å². The van der Waals surface area contributed by atoms with Crippen LogP contribution in [0.2, 0.25) is 0 Å². The lowest BCUT2D eigenvalue weighted by Gasteiger charge is -2.31. The summed E-state index contributed by atoms with van der Waals surface area (Å²) in [5, 5.41) is 17.7. The molecule has 0 spiro atoms. The van der Waals surface area contributed by atoms with Crippen LogP contribution in [-0.4, -0.2) is 75.1 Å². The summed E-state index contributed by atoms with van der Waals surface area (Å²) in [5.41, 5.74) is -0.916. The van der Waals surface area contributed by atoms with E-state index >= 15 is 0 Å². The molecule has 0 fully saturated rings. The lowest BCUT2D eigenvalue weighted by molar-refractivity contribution is -0.135. The van der Waals surface area contributed by atoms with Crippen LogP contribution in [0, 0.1) is 0 Å². The van der Waals surface area contributed by atoms with Crippen molar-refractivity contribution in [2.45, 2.75) is 57.6 Å². The Kier molecular flexibility index (Phi) is 13.4. The molecule has 0 saturated heterocycles. The number of hydrogen-bond donors (Lipinski definition) is 3. The van der Waals surface area contributed by atoms with E-state index in [1.807, 2.05) is 0 Å². The first kappa shape index (κ1) is 40.6. The van der Waals surface area contributed by atoms with Crippen LogP contribution in [0.15, 0.2) is 76.1 Å². The zero-order valence-corrected chi connectivity index (χ0v) is 31.4. The van der Waals surface area contributed by atoms with Crippen LogP contribution in [0.1, 0.15) is 41.5 Å². The standard InChI is InChI=1S/C34H41BrN4O11S/c1-33(2,3)49-31(43)47-27-13-9-7-11-25(27)38(20-29(40)37-24-16-15-22(19-23(24)35)51(36,45)46)17-18-39(21-30(41)42)26-12-8-10-14-28(26)48-32(44)50-34(4,5)6/h7-16,19H,17-18,20-21H2,1-6H3,(H,37,40)(H,41,42)(H2,36,45,46). The van der Waals surface area contributed by atoms with Crippen molar-refractivity contribution in [3.05, 3.63) is 71.2 Å². The number of carboxylic acid groups (broad SMARTS) is 1. The molecule has 4 N–H and O–H groups in total. The normalized spacial score (nSPS) is 11.6. The predicted molar refractivity (Wildman–Crippen MR) is 193 cm³/mol. The molecule has 15 nitrogen and oxygen atoms in total. The number of anilines is 3. The zero-order chi connectivity index (χ0) is 38.1. The third kappa shape index (κ3) is 13.4. The summed E-state index contributed by atoms with van der Waals surface area (Å²) in [5.74, 6) is -1.66. The molecule has 0 aliphatic heterocycles. The molecule has 0 aliphatic rings. The molecule has 0 radical (unpaired) electrons. The predicted octanol–water partition coefficient (Wildman–Crippen LogP) is 5.76. The van der Waals surface area contributed by atoms with E-state index in [0.717, 1.165) is 0 Å². The molecule has 1 amide bonds. The van der Waals surface area contributed by atoms with Gasteiger partial charge in [-0.1, -0.05) is 24.3 Å². The van der Waals surface area contributed by atoms with E-state index in [-0.39, 0.29) is 57.6 Å². The topological polar surface area (TPSA) is 204 Å². The summed E-state index contributed by atoms with van der Waals surface area (Å²) in [6.07, 6.45) is -1.97. The number of primary sulfonamides is 1. The largest absolute Gasteiger partial charge is 0.514 e. The number of carbonyl (C=O) groups excluding carboxylic acids is 3. The van der Waals surface area contributed by atoms with Gasteiger partial charge in [0.15, 0.2) is 11.5 Å². The SMILES string of the molecule is CC(C)(C)OC(=O)Oc1ccccc1N(CCN(CC(=O)Nc1ccc(S(N)(=O)=O)cc1Br)c1ccccc1OC(=O)OC(C)(C)C)CC(=O)O. The highest BCUT2D eigenvalue weighted by molar-refractivity contribution is 9.10. The first-order valence-corrected chi connectivity index (χ1v) is 17.8. The Balaban J connectivity index is 1.98. The number of halogens is 1. The summed E-state index contributed by atoms with van der Waals surface area (Å²) >= 11 is 3.25. The van der Waals surface area contributed by atoms with Crippen LogP contribution in [-0.2, 0) is 29.1 Å². The van der Waals surface area contributed by atoms with Crippen LogP contribution in [0.5, 0.6) is 11.5 Å². The summed E-state index contributed by atoms with van der Waals surface area (Å²) in [7, 11) is -4.00. The average Bonchev–Trinajstić information content (AvgIpc) is 2.97. The quantitative estimate of drug-likeness (QED) is 0.139. The fraction of sp³-hybridized carbons (Fsp3) is 0.353. The Morgan fingerprint density at radius 1 is 0.765 bits per heavy atom. The van der Waals surface area contributed by atoms with E-state index in [1.165, 1.54) is 35.2 Å².